The predicted molar refractivity (Wildman–Crippen MR) is 99.5 cm³/mol. The van der Waals surface area contributed by atoms with Crippen molar-refractivity contribution in [2.45, 2.75) is 29.6 Å². The highest BCUT2D eigenvalue weighted by Crippen LogP contribution is 2.70. The van der Waals surface area contributed by atoms with Crippen molar-refractivity contribution in [2.75, 3.05) is 0 Å². The lowest BCUT2D eigenvalue weighted by Gasteiger charge is -2.32. The number of imidazole rings is 1. The van der Waals surface area contributed by atoms with Crippen LogP contribution in [-0.2, 0) is 31.6 Å². The first-order chi connectivity index (χ1) is 15.0. The van der Waals surface area contributed by atoms with Crippen LogP contribution in [0.1, 0.15) is 6.23 Å². The molecule has 0 bridgehead atoms. The van der Waals surface area contributed by atoms with Crippen LogP contribution in [0, 0.1) is 12.3 Å². The average molecular weight is 530 g/mol. The minimum absolute atomic E-state index is 0.0910. The zero-order valence-electron chi connectivity index (χ0n) is 15.6. The zero-order chi connectivity index (χ0) is 24.6. The van der Waals surface area contributed by atoms with E-state index in [4.69, 9.17) is 20.9 Å². The highest BCUT2D eigenvalue weighted by molar-refractivity contribution is 7.66. The molecule has 0 aromatic carbocycles. The first-order valence-electron chi connectivity index (χ1n) is 8.35. The van der Waals surface area contributed by atoms with Gasteiger partial charge in [-0.1, -0.05) is 5.92 Å². The monoisotopic (exact) mass is 530 g/mol. The quantitative estimate of drug-likeness (QED) is 0.148. The fourth-order valence-electron chi connectivity index (χ4n) is 3.42. The lowest BCUT2D eigenvalue weighted by atomic mass is 9.94. The van der Waals surface area contributed by atoms with E-state index < -0.39 is 58.7 Å². The van der Waals surface area contributed by atoms with E-state index in [2.05, 4.69) is 28.1 Å². The van der Waals surface area contributed by atoms with Crippen molar-refractivity contribution in [1.82, 2.24) is 19.5 Å². The summed E-state index contributed by atoms with van der Waals surface area (Å²) in [6.45, 7) is 0. The third-order valence-electron chi connectivity index (χ3n) is 4.78. The second-order valence-electron chi connectivity index (χ2n) is 6.82. The number of terminal acetylenes is 1. The number of phosphoric ester groups is 1. The summed E-state index contributed by atoms with van der Waals surface area (Å²) in [5, 5.41) is 21.8. The number of hydrogen-bond acceptors (Lipinski definition) is 12. The van der Waals surface area contributed by atoms with Crippen molar-refractivity contribution in [2.24, 2.45) is 0 Å². The van der Waals surface area contributed by atoms with E-state index in [0.29, 0.717) is 0 Å². The molecule has 18 nitrogen and oxygen atoms in total. The van der Waals surface area contributed by atoms with Crippen molar-refractivity contribution < 1.29 is 61.4 Å². The minimum atomic E-state index is -5.82. The number of aromatic amines is 1. The summed E-state index contributed by atoms with van der Waals surface area (Å²) in [6.07, 6.45) is 2.30. The largest absolute Gasteiger partial charge is 0.490 e. The third-order valence-corrected chi connectivity index (χ3v) is 8.60. The Hall–Kier alpha value is -1.80. The Morgan fingerprint density at radius 2 is 1.82 bits per heavy atom. The first kappa shape index (κ1) is 24.3. The van der Waals surface area contributed by atoms with Crippen LogP contribution >= 0.6 is 23.5 Å². The summed E-state index contributed by atoms with van der Waals surface area (Å²) >= 11 is 0. The number of nitrogens with one attached hydrogen (secondary N) is 1. The van der Waals surface area contributed by atoms with Crippen molar-refractivity contribution in [3.8, 4) is 12.3 Å². The summed E-state index contributed by atoms with van der Waals surface area (Å²) in [5.41, 5.74) is -6.12. The van der Waals surface area contributed by atoms with Crippen LogP contribution < -0.4 is 5.56 Å². The smallest absolute Gasteiger partial charge is 0.380 e. The molecule has 1 saturated carbocycles. The van der Waals surface area contributed by atoms with E-state index in [1.807, 2.05) is 5.92 Å². The number of phosphoric acid groups is 3. The number of rotatable bonds is 7. The molecule has 0 spiro atoms. The van der Waals surface area contributed by atoms with E-state index >= 15 is 0 Å². The Morgan fingerprint density at radius 3 is 2.42 bits per heavy atom. The predicted octanol–water partition coefficient (Wildman–Crippen LogP) is -2.16. The van der Waals surface area contributed by atoms with Gasteiger partial charge in [-0.2, -0.15) is 8.62 Å². The summed E-state index contributed by atoms with van der Waals surface area (Å²) in [4.78, 5) is 57.8. The Morgan fingerprint density at radius 1 is 1.15 bits per heavy atom. The highest BCUT2D eigenvalue weighted by atomic mass is 31.3. The fraction of sp³-hybridized carbons (Fsp3) is 0.417. The van der Waals surface area contributed by atoms with Gasteiger partial charge in [0.15, 0.2) is 23.0 Å². The average Bonchev–Trinajstić information content (AvgIpc) is 2.96. The van der Waals surface area contributed by atoms with Crippen LogP contribution in [0.2, 0.25) is 0 Å². The van der Waals surface area contributed by atoms with E-state index in [1.54, 1.807) is 0 Å². The van der Waals surface area contributed by atoms with Gasteiger partial charge in [-0.05, 0) is 0 Å². The molecule has 0 radical (unpaired) electrons. The Bertz CT molecular complexity index is 1380. The Labute approximate surface area is 181 Å². The maximum atomic E-state index is 12.0. The van der Waals surface area contributed by atoms with Gasteiger partial charge >= 0.3 is 23.5 Å². The molecular weight excluding hydrogens is 517 g/mol. The number of nitrogens with zero attached hydrogens (tertiary/aromatic N) is 3. The van der Waals surface area contributed by atoms with Gasteiger partial charge in [-0.15, -0.1) is 6.42 Å². The number of ether oxygens (including phenoxy) is 1. The maximum absolute atomic E-state index is 12.0. The summed E-state index contributed by atoms with van der Waals surface area (Å²) in [6, 6.07) is 0. The van der Waals surface area contributed by atoms with Crippen molar-refractivity contribution in [1.29, 1.82) is 0 Å². The molecule has 180 valence electrons. The van der Waals surface area contributed by atoms with Gasteiger partial charge in [-0.3, -0.25) is 13.9 Å². The first-order valence-corrected chi connectivity index (χ1v) is 12.9. The molecule has 0 amide bonds. The topological polar surface area (TPSA) is 273 Å². The molecule has 3 heterocycles. The van der Waals surface area contributed by atoms with E-state index in [0.717, 1.165) is 17.2 Å². The summed E-state index contributed by atoms with van der Waals surface area (Å²) in [7, 11) is -17.1. The second-order valence-corrected chi connectivity index (χ2v) is 11.2. The molecule has 2 aromatic heterocycles. The summed E-state index contributed by atoms with van der Waals surface area (Å²) < 4.78 is 52.3. The minimum Gasteiger partial charge on any atom is -0.380 e. The molecular formula is C12H13N4O14P3. The van der Waals surface area contributed by atoms with Gasteiger partial charge < -0.3 is 39.5 Å². The molecule has 7 N–H and O–H groups in total. The zero-order valence-corrected chi connectivity index (χ0v) is 18.3. The van der Waals surface area contributed by atoms with Gasteiger partial charge in [0.05, 0.1) is 12.7 Å². The molecule has 2 aromatic rings. The molecule has 7 atom stereocenters. The van der Waals surface area contributed by atoms with Gasteiger partial charge in [0.1, 0.15) is 12.2 Å². The van der Waals surface area contributed by atoms with E-state index in [9.17, 15) is 38.5 Å². The molecule has 1 aliphatic carbocycles. The molecule has 21 heteroatoms. The highest BCUT2D eigenvalue weighted by Gasteiger charge is 2.85. The van der Waals surface area contributed by atoms with Crippen LogP contribution in [0.4, 0.5) is 0 Å². The molecule has 4 rings (SSSR count). The number of H-pyrrole nitrogens is 1. The van der Waals surface area contributed by atoms with Gasteiger partial charge in [0.25, 0.3) is 5.56 Å². The van der Waals surface area contributed by atoms with E-state index in [-0.39, 0.29) is 11.2 Å². The Kier molecular flexibility index (Phi) is 5.42. The molecule has 1 saturated heterocycles. The molecule has 1 aliphatic heterocycles. The lowest BCUT2D eigenvalue weighted by molar-refractivity contribution is -0.132. The van der Waals surface area contributed by atoms with Crippen molar-refractivity contribution >= 4 is 34.6 Å². The Balaban J connectivity index is 1.58. The number of aliphatic hydroxyl groups is 2. The van der Waals surface area contributed by atoms with Crippen LogP contribution in [0.3, 0.4) is 0 Å². The van der Waals surface area contributed by atoms with Gasteiger partial charge in [-0.25, -0.2) is 23.7 Å². The van der Waals surface area contributed by atoms with Crippen LogP contribution in [-0.4, -0.2) is 72.7 Å². The third kappa shape index (κ3) is 3.93. The molecule has 2 aliphatic rings. The fourth-order valence-corrected chi connectivity index (χ4v) is 6.64. The lowest BCUT2D eigenvalue weighted by Crippen LogP contribution is -2.50. The van der Waals surface area contributed by atoms with Crippen LogP contribution in [0.15, 0.2) is 17.4 Å². The van der Waals surface area contributed by atoms with Crippen LogP contribution in [0.5, 0.6) is 0 Å². The van der Waals surface area contributed by atoms with Crippen molar-refractivity contribution in [3.05, 3.63) is 23.0 Å². The number of aromatic nitrogens is 4. The maximum Gasteiger partial charge on any atom is 0.490 e. The number of fused-ring (bicyclic) bond motifs is 2. The van der Waals surface area contributed by atoms with Gasteiger partial charge in [0.2, 0.25) is 5.60 Å². The van der Waals surface area contributed by atoms with Crippen molar-refractivity contribution in [3.63, 3.8) is 0 Å². The normalized spacial score (nSPS) is 34.9. The standard InChI is InChI=1S/C12H13N4O14P3/c1-2-11(18)10(16-4-15-5-8(16)13-3-14-9(5)17)27-6-7(12(6,11)19)28-32(23,24)30-33(25,26)29-31(20,21)22/h1,3-4,6-7,10,18-19H,(H,23,24)(H,25,26)(H,13,14,17)(H2,20,21,22)/t6-,7?,10-,11+,12+/m1/s1. The molecule has 33 heavy (non-hydrogen) atoms. The number of hydrogen-bond donors (Lipinski definition) is 7. The molecule has 2 fully saturated rings. The van der Waals surface area contributed by atoms with Crippen LogP contribution in [0.25, 0.3) is 11.2 Å². The summed E-state index contributed by atoms with van der Waals surface area (Å²) in [5.74, 6) is 1.88. The second kappa shape index (κ2) is 7.35. The van der Waals surface area contributed by atoms with E-state index in [1.165, 1.54) is 0 Å². The SMILES string of the molecule is C#C[C@]1(O)[C@H](n2cnc3c(=O)[nH]cnc32)O[C@@H]2C(OP(=O)(O)OP(=O)(O)OP(=O)(O)O)[C@@]21O. The van der Waals surface area contributed by atoms with Gasteiger partial charge in [0, 0.05) is 0 Å². The molecule has 3 unspecified atom stereocenters.